The van der Waals surface area contributed by atoms with E-state index in [0.717, 1.165) is 16.8 Å². The van der Waals surface area contributed by atoms with Crippen molar-refractivity contribution in [1.82, 2.24) is 20.2 Å². The largest absolute Gasteiger partial charge is 0.273 e. The van der Waals surface area contributed by atoms with E-state index in [-0.39, 0.29) is 5.82 Å². The normalized spacial score (nSPS) is 11.0. The summed E-state index contributed by atoms with van der Waals surface area (Å²) in [6.45, 7) is 0. The van der Waals surface area contributed by atoms with Crippen molar-refractivity contribution in [1.29, 1.82) is 0 Å². The van der Waals surface area contributed by atoms with Gasteiger partial charge in [0.15, 0.2) is 5.65 Å². The Labute approximate surface area is 125 Å². The Morgan fingerprint density at radius 3 is 2.41 bits per heavy atom. The van der Waals surface area contributed by atoms with Gasteiger partial charge in [0.2, 0.25) is 0 Å². The van der Waals surface area contributed by atoms with Gasteiger partial charge in [0.1, 0.15) is 11.3 Å². The third-order valence-corrected chi connectivity index (χ3v) is 3.47. The van der Waals surface area contributed by atoms with Crippen molar-refractivity contribution in [3.05, 3.63) is 66.6 Å². The van der Waals surface area contributed by atoms with Crippen molar-refractivity contribution in [2.75, 3.05) is 0 Å². The molecule has 0 radical (unpaired) electrons. The van der Waals surface area contributed by atoms with E-state index in [1.165, 1.54) is 12.1 Å². The van der Waals surface area contributed by atoms with Crippen molar-refractivity contribution in [2.45, 2.75) is 0 Å². The molecule has 2 heterocycles. The van der Waals surface area contributed by atoms with Gasteiger partial charge in [0, 0.05) is 11.1 Å². The highest BCUT2D eigenvalue weighted by Gasteiger charge is 2.11. The lowest BCUT2D eigenvalue weighted by Crippen LogP contribution is -1.88. The molecule has 106 valence electrons. The highest BCUT2D eigenvalue weighted by atomic mass is 19.1. The fraction of sp³-hybridized carbons (Fsp3) is 0. The molecular weight excluding hydrogens is 279 g/mol. The molecule has 0 bridgehead atoms. The highest BCUT2D eigenvalue weighted by Crippen LogP contribution is 2.26. The second-order valence-electron chi connectivity index (χ2n) is 4.90. The summed E-state index contributed by atoms with van der Waals surface area (Å²) in [4.78, 5) is 8.96. The van der Waals surface area contributed by atoms with Gasteiger partial charge in [0.25, 0.3) is 0 Å². The summed E-state index contributed by atoms with van der Waals surface area (Å²) in [7, 11) is 0. The molecule has 22 heavy (non-hydrogen) atoms. The number of nitrogens with one attached hydrogen (secondary N) is 1. The Balaban J connectivity index is 1.88. The molecular formula is C17H11FN4. The molecule has 4 rings (SSSR count). The van der Waals surface area contributed by atoms with Crippen molar-refractivity contribution in [3.63, 3.8) is 0 Å². The maximum absolute atomic E-state index is 13.0. The quantitative estimate of drug-likeness (QED) is 0.610. The van der Waals surface area contributed by atoms with E-state index >= 15 is 0 Å². The van der Waals surface area contributed by atoms with Crippen LogP contribution in [0.1, 0.15) is 0 Å². The Hall–Kier alpha value is -3.08. The predicted octanol–water partition coefficient (Wildman–Crippen LogP) is 3.83. The zero-order chi connectivity index (χ0) is 14.9. The molecule has 0 amide bonds. The Bertz CT molecular complexity index is 930. The Morgan fingerprint density at radius 2 is 1.64 bits per heavy atom. The first-order chi connectivity index (χ1) is 10.8. The van der Waals surface area contributed by atoms with Crippen LogP contribution in [0.15, 0.2) is 60.8 Å². The summed E-state index contributed by atoms with van der Waals surface area (Å²) in [6, 6.07) is 16.0. The van der Waals surface area contributed by atoms with Crippen LogP contribution in [0.25, 0.3) is 33.7 Å². The maximum atomic E-state index is 13.0. The molecule has 0 aliphatic heterocycles. The number of hydrogen-bond donors (Lipinski definition) is 1. The molecule has 0 saturated heterocycles. The number of halogens is 1. The van der Waals surface area contributed by atoms with Crippen LogP contribution in [0.3, 0.4) is 0 Å². The molecule has 4 aromatic rings. The lowest BCUT2D eigenvalue weighted by atomic mass is 10.1. The van der Waals surface area contributed by atoms with E-state index < -0.39 is 0 Å². The predicted molar refractivity (Wildman–Crippen MR) is 82.5 cm³/mol. The van der Waals surface area contributed by atoms with Crippen molar-refractivity contribution >= 4 is 11.2 Å². The van der Waals surface area contributed by atoms with Crippen LogP contribution in [-0.4, -0.2) is 20.2 Å². The average Bonchev–Trinajstić information content (AvgIpc) is 2.99. The fourth-order valence-corrected chi connectivity index (χ4v) is 2.36. The van der Waals surface area contributed by atoms with Gasteiger partial charge >= 0.3 is 0 Å². The topological polar surface area (TPSA) is 54.5 Å². The van der Waals surface area contributed by atoms with Gasteiger partial charge in [-0.1, -0.05) is 30.3 Å². The number of aromatic amines is 1. The maximum Gasteiger partial charge on any atom is 0.200 e. The molecule has 0 unspecified atom stereocenters. The number of aromatic nitrogens is 4. The number of fused-ring (bicyclic) bond motifs is 1. The van der Waals surface area contributed by atoms with Crippen LogP contribution in [0, 0.1) is 5.82 Å². The average molecular weight is 290 g/mol. The summed E-state index contributed by atoms with van der Waals surface area (Å²) >= 11 is 0. The van der Waals surface area contributed by atoms with Crippen LogP contribution in [0.4, 0.5) is 4.39 Å². The van der Waals surface area contributed by atoms with Gasteiger partial charge in [-0.2, -0.15) is 5.10 Å². The van der Waals surface area contributed by atoms with Gasteiger partial charge in [-0.3, -0.25) is 5.10 Å². The van der Waals surface area contributed by atoms with Gasteiger partial charge in [0.05, 0.1) is 17.6 Å². The monoisotopic (exact) mass is 290 g/mol. The van der Waals surface area contributed by atoms with E-state index in [0.29, 0.717) is 16.9 Å². The molecule has 2 aromatic carbocycles. The SMILES string of the molecule is Fc1ccc(-c2cnc3n[nH]c(-c4ccccc4)c3n2)cc1. The molecule has 1 N–H and O–H groups in total. The van der Waals surface area contributed by atoms with E-state index in [9.17, 15) is 4.39 Å². The summed E-state index contributed by atoms with van der Waals surface area (Å²) in [6.07, 6.45) is 1.64. The summed E-state index contributed by atoms with van der Waals surface area (Å²) in [5.41, 5.74) is 4.59. The van der Waals surface area contributed by atoms with Crippen LogP contribution < -0.4 is 0 Å². The van der Waals surface area contributed by atoms with Crippen molar-refractivity contribution in [2.24, 2.45) is 0 Å². The van der Waals surface area contributed by atoms with E-state index in [4.69, 9.17) is 0 Å². The van der Waals surface area contributed by atoms with Crippen molar-refractivity contribution < 1.29 is 4.39 Å². The highest BCUT2D eigenvalue weighted by molar-refractivity contribution is 5.88. The second-order valence-corrected chi connectivity index (χ2v) is 4.90. The minimum Gasteiger partial charge on any atom is -0.273 e. The van der Waals surface area contributed by atoms with Gasteiger partial charge in [-0.15, -0.1) is 0 Å². The zero-order valence-electron chi connectivity index (χ0n) is 11.5. The zero-order valence-corrected chi connectivity index (χ0v) is 11.5. The van der Waals surface area contributed by atoms with Crippen LogP contribution in [-0.2, 0) is 0 Å². The lowest BCUT2D eigenvalue weighted by molar-refractivity contribution is 0.628. The summed E-state index contributed by atoms with van der Waals surface area (Å²) in [5.74, 6) is -0.272. The molecule has 0 atom stereocenters. The number of hydrogen-bond acceptors (Lipinski definition) is 3. The molecule has 4 nitrogen and oxygen atoms in total. The number of H-pyrrole nitrogens is 1. The standard InChI is InChI=1S/C17H11FN4/c18-13-8-6-11(7-9-13)14-10-19-17-16(20-14)15(21-22-17)12-4-2-1-3-5-12/h1-10H,(H,19,21,22). The molecule has 5 heteroatoms. The van der Waals surface area contributed by atoms with Gasteiger partial charge in [-0.25, -0.2) is 14.4 Å². The fourth-order valence-electron chi connectivity index (χ4n) is 2.36. The van der Waals surface area contributed by atoms with Crippen molar-refractivity contribution in [3.8, 4) is 22.5 Å². The summed E-state index contributed by atoms with van der Waals surface area (Å²) < 4.78 is 13.0. The molecule has 0 aliphatic carbocycles. The van der Waals surface area contributed by atoms with E-state index in [2.05, 4.69) is 20.2 Å². The third kappa shape index (κ3) is 2.13. The van der Waals surface area contributed by atoms with Crippen LogP contribution >= 0.6 is 0 Å². The first-order valence-electron chi connectivity index (χ1n) is 6.84. The molecule has 0 aliphatic rings. The first kappa shape index (κ1) is 12.6. The smallest absolute Gasteiger partial charge is 0.200 e. The number of rotatable bonds is 2. The Kier molecular flexibility index (Phi) is 2.89. The third-order valence-electron chi connectivity index (χ3n) is 3.47. The van der Waals surface area contributed by atoms with E-state index in [1.807, 2.05) is 30.3 Å². The number of benzene rings is 2. The molecule has 0 spiro atoms. The second kappa shape index (κ2) is 5.04. The lowest BCUT2D eigenvalue weighted by Gasteiger charge is -2.01. The van der Waals surface area contributed by atoms with Crippen LogP contribution in [0.2, 0.25) is 0 Å². The molecule has 0 saturated carbocycles. The molecule has 0 fully saturated rings. The minimum absolute atomic E-state index is 0.272. The van der Waals surface area contributed by atoms with Gasteiger partial charge < -0.3 is 0 Å². The first-order valence-corrected chi connectivity index (χ1v) is 6.84. The molecule has 2 aromatic heterocycles. The van der Waals surface area contributed by atoms with Crippen LogP contribution in [0.5, 0.6) is 0 Å². The summed E-state index contributed by atoms with van der Waals surface area (Å²) in [5, 5.41) is 7.17. The minimum atomic E-state index is -0.272. The number of nitrogens with zero attached hydrogens (tertiary/aromatic N) is 3. The van der Waals surface area contributed by atoms with E-state index in [1.54, 1.807) is 18.3 Å². The van der Waals surface area contributed by atoms with Gasteiger partial charge in [-0.05, 0) is 24.3 Å². The Morgan fingerprint density at radius 1 is 0.864 bits per heavy atom.